The van der Waals surface area contributed by atoms with Crippen LogP contribution in [0.3, 0.4) is 0 Å². The molecular formula is C21H19N3O4. The molecule has 2 aromatic rings. The lowest BCUT2D eigenvalue weighted by Gasteiger charge is -2.35. The lowest BCUT2D eigenvalue weighted by atomic mass is 9.91. The third kappa shape index (κ3) is 3.51. The van der Waals surface area contributed by atoms with E-state index in [0.717, 1.165) is 41.9 Å². The van der Waals surface area contributed by atoms with Crippen molar-refractivity contribution in [2.24, 2.45) is 0 Å². The van der Waals surface area contributed by atoms with Gasteiger partial charge in [0.05, 0.1) is 10.6 Å². The Bertz CT molecular complexity index is 978. The van der Waals surface area contributed by atoms with Crippen LogP contribution in [0.5, 0.6) is 0 Å². The maximum absolute atomic E-state index is 12.3. The van der Waals surface area contributed by atoms with Gasteiger partial charge in [-0.25, -0.2) is 0 Å². The van der Waals surface area contributed by atoms with Crippen molar-refractivity contribution in [1.29, 1.82) is 0 Å². The second kappa shape index (κ2) is 7.26. The third-order valence-corrected chi connectivity index (χ3v) is 5.07. The Labute approximate surface area is 161 Å². The number of hydrogen-bond donors (Lipinski definition) is 1. The fourth-order valence-electron chi connectivity index (χ4n) is 3.79. The molecule has 0 saturated carbocycles. The molecule has 0 bridgehead atoms. The zero-order chi connectivity index (χ0) is 19.7. The highest BCUT2D eigenvalue weighted by Crippen LogP contribution is 2.37. The predicted molar refractivity (Wildman–Crippen MR) is 106 cm³/mol. The van der Waals surface area contributed by atoms with Gasteiger partial charge >= 0.3 is 0 Å². The van der Waals surface area contributed by atoms with Crippen LogP contribution in [0.2, 0.25) is 0 Å². The van der Waals surface area contributed by atoms with E-state index in [1.54, 1.807) is 18.2 Å². The van der Waals surface area contributed by atoms with E-state index in [0.29, 0.717) is 18.4 Å². The van der Waals surface area contributed by atoms with Crippen LogP contribution in [0.1, 0.15) is 29.5 Å². The Morgan fingerprint density at radius 1 is 1.11 bits per heavy atom. The average molecular weight is 377 g/mol. The van der Waals surface area contributed by atoms with Crippen LogP contribution in [0.15, 0.2) is 42.5 Å². The molecule has 28 heavy (non-hydrogen) atoms. The van der Waals surface area contributed by atoms with Gasteiger partial charge in [-0.05, 0) is 66.3 Å². The predicted octanol–water partition coefficient (Wildman–Crippen LogP) is 3.47. The van der Waals surface area contributed by atoms with Gasteiger partial charge in [0.15, 0.2) is 0 Å². The van der Waals surface area contributed by atoms with Crippen LogP contribution in [-0.4, -0.2) is 23.3 Å². The van der Waals surface area contributed by atoms with Gasteiger partial charge in [0, 0.05) is 36.9 Å². The number of nitrogens with zero attached hydrogens (tertiary/aromatic N) is 2. The van der Waals surface area contributed by atoms with E-state index in [1.807, 2.05) is 17.0 Å². The molecule has 2 aliphatic rings. The highest BCUT2D eigenvalue weighted by Gasteiger charge is 2.29. The van der Waals surface area contributed by atoms with Gasteiger partial charge in [-0.3, -0.25) is 19.7 Å². The number of carbonyl (C=O) groups excluding carboxylic acids is 2. The van der Waals surface area contributed by atoms with Crippen LogP contribution in [0.25, 0.3) is 6.08 Å². The van der Waals surface area contributed by atoms with Gasteiger partial charge in [-0.1, -0.05) is 0 Å². The van der Waals surface area contributed by atoms with E-state index in [4.69, 9.17) is 0 Å². The van der Waals surface area contributed by atoms with Crippen LogP contribution >= 0.6 is 0 Å². The zero-order valence-corrected chi connectivity index (χ0v) is 15.2. The molecule has 1 N–H and O–H groups in total. The van der Waals surface area contributed by atoms with Gasteiger partial charge < -0.3 is 10.2 Å². The Morgan fingerprint density at radius 3 is 2.54 bits per heavy atom. The van der Waals surface area contributed by atoms with E-state index in [9.17, 15) is 19.7 Å². The molecule has 0 spiro atoms. The van der Waals surface area contributed by atoms with Crippen molar-refractivity contribution in [2.45, 2.75) is 25.7 Å². The summed E-state index contributed by atoms with van der Waals surface area (Å²) in [6.45, 7) is 0.766. The number of rotatable bonds is 4. The summed E-state index contributed by atoms with van der Waals surface area (Å²) < 4.78 is 0. The SMILES string of the molecule is O=C(/C=C/c1ccc([N+](=O)[O-])cc1)Nc1cc2c3c(c1)CCC(=O)N3CCC2. The molecular weight excluding hydrogens is 358 g/mol. The largest absolute Gasteiger partial charge is 0.322 e. The number of hydrogen-bond acceptors (Lipinski definition) is 4. The minimum Gasteiger partial charge on any atom is -0.322 e. The molecule has 0 unspecified atom stereocenters. The molecule has 142 valence electrons. The summed E-state index contributed by atoms with van der Waals surface area (Å²) in [6.07, 6.45) is 6.04. The molecule has 0 fully saturated rings. The van der Waals surface area contributed by atoms with E-state index >= 15 is 0 Å². The Hall–Kier alpha value is -3.48. The lowest BCUT2D eigenvalue weighted by Crippen LogP contribution is -2.39. The first-order chi connectivity index (χ1) is 13.5. The number of nitrogens with one attached hydrogen (secondary N) is 1. The first kappa shape index (κ1) is 17.9. The minimum atomic E-state index is -0.461. The molecule has 7 heteroatoms. The molecule has 0 aromatic heterocycles. The van der Waals surface area contributed by atoms with E-state index in [1.165, 1.54) is 18.2 Å². The maximum Gasteiger partial charge on any atom is 0.269 e. The Balaban J connectivity index is 1.49. The first-order valence-corrected chi connectivity index (χ1v) is 9.21. The summed E-state index contributed by atoms with van der Waals surface area (Å²) in [7, 11) is 0. The standard InChI is InChI=1S/C21H19N3O4/c25-19(9-5-14-3-7-18(8-4-14)24(27)28)22-17-12-15-2-1-11-23-20(26)10-6-16(13-17)21(15)23/h3-5,7-9,12-13H,1-2,6,10-11H2,(H,22,25)/b9-5+. The second-order valence-electron chi connectivity index (χ2n) is 6.96. The van der Waals surface area contributed by atoms with Crippen molar-refractivity contribution in [2.75, 3.05) is 16.8 Å². The van der Waals surface area contributed by atoms with Gasteiger partial charge in [-0.2, -0.15) is 0 Å². The van der Waals surface area contributed by atoms with Gasteiger partial charge in [-0.15, -0.1) is 0 Å². The zero-order valence-electron chi connectivity index (χ0n) is 15.2. The number of nitro groups is 1. The Kier molecular flexibility index (Phi) is 4.65. The molecule has 2 aromatic carbocycles. The lowest BCUT2D eigenvalue weighted by molar-refractivity contribution is -0.384. The number of benzene rings is 2. The Morgan fingerprint density at radius 2 is 1.82 bits per heavy atom. The van der Waals surface area contributed by atoms with Gasteiger partial charge in [0.1, 0.15) is 0 Å². The average Bonchev–Trinajstić information content (AvgIpc) is 2.69. The number of aryl methyl sites for hydroxylation is 2. The van der Waals surface area contributed by atoms with Crippen LogP contribution < -0.4 is 10.2 Å². The summed E-state index contributed by atoms with van der Waals surface area (Å²) in [5.41, 5.74) is 4.68. The van der Waals surface area contributed by atoms with Crippen molar-refractivity contribution in [1.82, 2.24) is 0 Å². The van der Waals surface area contributed by atoms with Crippen LogP contribution in [0.4, 0.5) is 17.1 Å². The van der Waals surface area contributed by atoms with Crippen LogP contribution in [0, 0.1) is 10.1 Å². The summed E-state index contributed by atoms with van der Waals surface area (Å²) in [5, 5.41) is 13.6. The van der Waals surface area contributed by atoms with E-state index in [2.05, 4.69) is 5.32 Å². The summed E-state index contributed by atoms with van der Waals surface area (Å²) in [6, 6.07) is 9.88. The number of anilines is 2. The molecule has 0 aliphatic carbocycles. The fraction of sp³-hybridized carbons (Fsp3) is 0.238. The molecule has 0 atom stereocenters. The molecule has 0 radical (unpaired) electrons. The smallest absolute Gasteiger partial charge is 0.269 e. The summed E-state index contributed by atoms with van der Waals surface area (Å²) >= 11 is 0. The summed E-state index contributed by atoms with van der Waals surface area (Å²) in [4.78, 5) is 36.5. The first-order valence-electron chi connectivity index (χ1n) is 9.21. The highest BCUT2D eigenvalue weighted by atomic mass is 16.6. The molecule has 2 amide bonds. The van der Waals surface area contributed by atoms with Crippen molar-refractivity contribution < 1.29 is 14.5 Å². The van der Waals surface area contributed by atoms with Gasteiger partial charge in [0.2, 0.25) is 11.8 Å². The maximum atomic E-state index is 12.3. The number of non-ortho nitro benzene ring substituents is 1. The van der Waals surface area contributed by atoms with Crippen molar-refractivity contribution >= 4 is 35.0 Å². The van der Waals surface area contributed by atoms with E-state index in [-0.39, 0.29) is 17.5 Å². The third-order valence-electron chi connectivity index (χ3n) is 5.07. The second-order valence-corrected chi connectivity index (χ2v) is 6.96. The minimum absolute atomic E-state index is 0.0113. The van der Waals surface area contributed by atoms with Crippen molar-refractivity contribution in [3.63, 3.8) is 0 Å². The van der Waals surface area contributed by atoms with Crippen molar-refractivity contribution in [3.05, 3.63) is 69.3 Å². The quantitative estimate of drug-likeness (QED) is 0.502. The molecule has 0 saturated heterocycles. The highest BCUT2D eigenvalue weighted by molar-refractivity contribution is 6.03. The monoisotopic (exact) mass is 377 g/mol. The molecule has 4 rings (SSSR count). The number of amides is 2. The normalized spacial score (nSPS) is 15.4. The molecule has 7 nitrogen and oxygen atoms in total. The van der Waals surface area contributed by atoms with Gasteiger partial charge in [0.25, 0.3) is 5.69 Å². The van der Waals surface area contributed by atoms with E-state index < -0.39 is 4.92 Å². The molecule has 2 aliphatic heterocycles. The summed E-state index contributed by atoms with van der Waals surface area (Å²) in [5.74, 6) is -0.0960. The fourth-order valence-corrected chi connectivity index (χ4v) is 3.79. The number of nitro benzene ring substituents is 1. The number of carbonyl (C=O) groups is 2. The topological polar surface area (TPSA) is 92.5 Å². The van der Waals surface area contributed by atoms with Crippen LogP contribution in [-0.2, 0) is 22.4 Å². The van der Waals surface area contributed by atoms with Crippen molar-refractivity contribution in [3.8, 4) is 0 Å². The molecule has 2 heterocycles.